The largest absolute Gasteiger partial charge is 0.387 e. The van der Waals surface area contributed by atoms with Crippen LogP contribution >= 0.6 is 15.6 Å². The van der Waals surface area contributed by atoms with Gasteiger partial charge in [-0.1, -0.05) is 0 Å². The van der Waals surface area contributed by atoms with Crippen LogP contribution in [0.4, 0.5) is 5.82 Å². The van der Waals surface area contributed by atoms with Gasteiger partial charge in [0.1, 0.15) is 48.5 Å². The summed E-state index contributed by atoms with van der Waals surface area (Å²) in [6.07, 6.45) is -9.76. The van der Waals surface area contributed by atoms with Crippen molar-refractivity contribution in [2.75, 3.05) is 18.9 Å². The minimum absolute atomic E-state index is 0.0702. The number of hydrogen-bond donors (Lipinski definition) is 8. The fourth-order valence-electron chi connectivity index (χ4n) is 3.76. The van der Waals surface area contributed by atoms with Crippen LogP contribution in [-0.4, -0.2) is 117 Å². The first kappa shape index (κ1) is 27.4. The SMILES string of the molecule is Nc1ncnc2c1ncn2C1OC(COC([PH](=O)O)P(=O)(O)OCC2OC(O)C(O)C2O)C(O)C1O. The highest BCUT2D eigenvalue weighted by molar-refractivity contribution is 7.65. The zero-order chi connectivity index (χ0) is 26.4. The quantitative estimate of drug-likeness (QED) is 0.138. The average molecular weight is 557 g/mol. The van der Waals surface area contributed by atoms with Crippen LogP contribution in [0.3, 0.4) is 0 Å². The number of ether oxygens (including phenoxy) is 3. The normalized spacial score (nSPS) is 36.2. The van der Waals surface area contributed by atoms with Gasteiger partial charge in [-0.25, -0.2) is 15.0 Å². The topological polar surface area (TPSA) is 282 Å². The van der Waals surface area contributed by atoms with Gasteiger partial charge in [0.05, 0.1) is 19.5 Å². The Balaban J connectivity index is 1.41. The van der Waals surface area contributed by atoms with Gasteiger partial charge in [-0.05, 0) is 0 Å². The molecule has 0 amide bonds. The highest BCUT2D eigenvalue weighted by Crippen LogP contribution is 2.57. The van der Waals surface area contributed by atoms with Crippen molar-refractivity contribution < 1.29 is 63.2 Å². The van der Waals surface area contributed by atoms with E-state index in [2.05, 4.69) is 15.0 Å². The number of aliphatic hydroxyl groups is 5. The standard InChI is InChI=1S/C16H25N5O13P2/c17-12-7-13(19-3-18-12)21(4-20-7)14-10(24)8(22)5(33-14)1-31-16(35(27)28)36(29,30)32-2-6-9(23)11(25)15(26)34-6/h3-6,8-11,14-16,22-26,35H,1-2H2,(H,27,28)(H,29,30)(H2,17,18,19). The van der Waals surface area contributed by atoms with Crippen LogP contribution in [0.5, 0.6) is 0 Å². The summed E-state index contributed by atoms with van der Waals surface area (Å²) in [6.45, 7) is -1.55. The molecule has 0 bridgehead atoms. The van der Waals surface area contributed by atoms with Crippen molar-refractivity contribution in [1.29, 1.82) is 0 Å². The molecule has 2 saturated heterocycles. The molecule has 2 aliphatic rings. The number of hydrogen-bond acceptors (Lipinski definition) is 15. The molecular formula is C16H25N5O13P2. The van der Waals surface area contributed by atoms with Crippen LogP contribution in [-0.2, 0) is 27.9 Å². The zero-order valence-corrected chi connectivity index (χ0v) is 20.1. The summed E-state index contributed by atoms with van der Waals surface area (Å²) in [6, 6.07) is 0. The second kappa shape index (κ2) is 10.6. The Morgan fingerprint density at radius 3 is 2.36 bits per heavy atom. The maximum absolute atomic E-state index is 12.6. The lowest BCUT2D eigenvalue weighted by molar-refractivity contribution is -0.132. The van der Waals surface area contributed by atoms with Crippen molar-refractivity contribution in [3.8, 4) is 0 Å². The van der Waals surface area contributed by atoms with Gasteiger partial charge >= 0.3 is 7.60 Å². The molecule has 2 aromatic heterocycles. The van der Waals surface area contributed by atoms with E-state index in [0.29, 0.717) is 0 Å². The molecule has 9 N–H and O–H groups in total. The monoisotopic (exact) mass is 557 g/mol. The molecule has 0 aromatic carbocycles. The van der Waals surface area contributed by atoms with E-state index in [1.54, 1.807) is 0 Å². The molecule has 0 spiro atoms. The third-order valence-electron chi connectivity index (χ3n) is 5.69. The van der Waals surface area contributed by atoms with Gasteiger partial charge in [0.2, 0.25) is 13.6 Å². The Morgan fingerprint density at radius 2 is 1.72 bits per heavy atom. The smallest absolute Gasteiger partial charge is 0.366 e. The number of nitrogens with zero attached hydrogens (tertiary/aromatic N) is 4. The molecular weight excluding hydrogens is 532 g/mol. The van der Waals surface area contributed by atoms with Gasteiger partial charge < -0.3 is 59.8 Å². The van der Waals surface area contributed by atoms with Gasteiger partial charge in [-0.15, -0.1) is 0 Å². The maximum Gasteiger partial charge on any atom is 0.366 e. The molecule has 11 unspecified atom stereocenters. The van der Waals surface area contributed by atoms with Gasteiger partial charge in [0.15, 0.2) is 24.0 Å². The third-order valence-corrected chi connectivity index (χ3v) is 9.18. The van der Waals surface area contributed by atoms with Crippen molar-refractivity contribution in [1.82, 2.24) is 19.5 Å². The van der Waals surface area contributed by atoms with Crippen LogP contribution in [0, 0.1) is 0 Å². The van der Waals surface area contributed by atoms with Gasteiger partial charge in [0.25, 0.3) is 0 Å². The predicted octanol–water partition coefficient (Wildman–Crippen LogP) is -3.56. The van der Waals surface area contributed by atoms with Gasteiger partial charge in [-0.2, -0.15) is 0 Å². The average Bonchev–Trinajstić information content (AvgIpc) is 3.44. The molecule has 0 saturated carbocycles. The molecule has 11 atom stereocenters. The van der Waals surface area contributed by atoms with E-state index in [1.165, 1.54) is 10.9 Å². The molecule has 4 rings (SSSR count). The first-order chi connectivity index (χ1) is 16.9. The fourth-order valence-corrected chi connectivity index (χ4v) is 6.11. The van der Waals surface area contributed by atoms with Gasteiger partial charge in [0, 0.05) is 0 Å². The Morgan fingerprint density at radius 1 is 1.06 bits per heavy atom. The number of nitrogens with two attached hydrogens (primary N) is 1. The van der Waals surface area contributed by atoms with E-state index >= 15 is 0 Å². The van der Waals surface area contributed by atoms with E-state index < -0.39 is 83.6 Å². The molecule has 36 heavy (non-hydrogen) atoms. The number of aliphatic hydroxyl groups excluding tert-OH is 5. The molecule has 0 radical (unpaired) electrons. The van der Waals surface area contributed by atoms with Crippen LogP contribution in [0.25, 0.3) is 11.2 Å². The van der Waals surface area contributed by atoms with Crippen LogP contribution < -0.4 is 5.73 Å². The van der Waals surface area contributed by atoms with E-state index in [9.17, 15) is 44.4 Å². The number of aromatic nitrogens is 4. The number of nitrogen functional groups attached to an aromatic ring is 1. The lowest BCUT2D eigenvalue weighted by Crippen LogP contribution is -2.35. The van der Waals surface area contributed by atoms with Crippen LogP contribution in [0.2, 0.25) is 0 Å². The number of anilines is 1. The summed E-state index contributed by atoms with van der Waals surface area (Å²) in [5.74, 6) is 0.0702. The second-order valence-corrected chi connectivity index (χ2v) is 11.6. The molecule has 0 aliphatic carbocycles. The minimum Gasteiger partial charge on any atom is -0.387 e. The van der Waals surface area contributed by atoms with Crippen molar-refractivity contribution in [3.63, 3.8) is 0 Å². The first-order valence-electron chi connectivity index (χ1n) is 10.4. The van der Waals surface area contributed by atoms with Crippen LogP contribution in [0.15, 0.2) is 12.7 Å². The summed E-state index contributed by atoms with van der Waals surface area (Å²) >= 11 is 0. The van der Waals surface area contributed by atoms with Crippen LogP contribution in [0.1, 0.15) is 6.23 Å². The van der Waals surface area contributed by atoms with E-state index in [1.807, 2.05) is 0 Å². The molecule has 18 nitrogen and oxygen atoms in total. The van der Waals surface area contributed by atoms with Gasteiger partial charge in [-0.3, -0.25) is 13.7 Å². The first-order valence-corrected chi connectivity index (χ1v) is 13.5. The van der Waals surface area contributed by atoms with E-state index in [-0.39, 0.29) is 17.0 Å². The summed E-state index contributed by atoms with van der Waals surface area (Å²) in [4.78, 5) is 31.6. The lowest BCUT2D eigenvalue weighted by atomic mass is 10.1. The highest BCUT2D eigenvalue weighted by atomic mass is 31.2. The highest BCUT2D eigenvalue weighted by Gasteiger charge is 2.48. The van der Waals surface area contributed by atoms with Crippen molar-refractivity contribution in [2.45, 2.75) is 54.7 Å². The Bertz CT molecular complexity index is 1150. The molecule has 202 valence electrons. The zero-order valence-electron chi connectivity index (χ0n) is 18.2. The number of imidazole rings is 1. The predicted molar refractivity (Wildman–Crippen MR) is 115 cm³/mol. The van der Waals surface area contributed by atoms with E-state index in [0.717, 1.165) is 6.33 Å². The Hall–Kier alpha value is -1.63. The van der Waals surface area contributed by atoms with E-state index in [4.69, 9.17) is 24.5 Å². The lowest BCUT2D eigenvalue weighted by Gasteiger charge is -2.24. The molecule has 2 fully saturated rings. The molecule has 20 heteroatoms. The molecule has 2 aliphatic heterocycles. The Kier molecular flexibility index (Phi) is 8.09. The molecule has 4 heterocycles. The summed E-state index contributed by atoms with van der Waals surface area (Å²) in [5, 5.41) is 49.5. The van der Waals surface area contributed by atoms with Crippen molar-refractivity contribution in [2.24, 2.45) is 0 Å². The Labute approximate surface area is 202 Å². The fraction of sp³-hybridized carbons (Fsp3) is 0.688. The number of fused-ring (bicyclic) bond motifs is 1. The second-order valence-electron chi connectivity index (χ2n) is 8.06. The molecule has 2 aromatic rings. The maximum atomic E-state index is 12.6. The summed E-state index contributed by atoms with van der Waals surface area (Å²) < 4.78 is 45.9. The third kappa shape index (κ3) is 5.19. The summed E-state index contributed by atoms with van der Waals surface area (Å²) in [7, 11) is -8.89. The van der Waals surface area contributed by atoms with Crippen molar-refractivity contribution in [3.05, 3.63) is 12.7 Å². The summed E-state index contributed by atoms with van der Waals surface area (Å²) in [5.41, 5.74) is 3.87. The van der Waals surface area contributed by atoms with Crippen molar-refractivity contribution >= 4 is 32.6 Å². The number of rotatable bonds is 9. The minimum atomic E-state index is -5.01.